The average Bonchev–Trinajstić information content (AvgIpc) is 2.70. The van der Waals surface area contributed by atoms with Gasteiger partial charge in [-0.05, 0) is 32.4 Å². The zero-order valence-electron chi connectivity index (χ0n) is 17.4. The molecule has 2 aromatic rings. The fourth-order valence-electron chi connectivity index (χ4n) is 3.42. The van der Waals surface area contributed by atoms with Crippen LogP contribution in [0.5, 0.6) is 5.75 Å². The van der Waals surface area contributed by atoms with Crippen LogP contribution in [0.15, 0.2) is 59.6 Å². The normalized spacial score (nSPS) is 17.6. The van der Waals surface area contributed by atoms with Gasteiger partial charge in [0.15, 0.2) is 5.96 Å². The van der Waals surface area contributed by atoms with E-state index in [9.17, 15) is 4.79 Å². The van der Waals surface area contributed by atoms with E-state index in [-0.39, 0.29) is 24.1 Å². The molecule has 3 rings (SSSR count). The van der Waals surface area contributed by atoms with E-state index < -0.39 is 0 Å². The van der Waals surface area contributed by atoms with Gasteiger partial charge >= 0.3 is 0 Å². The lowest BCUT2D eigenvalue weighted by Gasteiger charge is -2.38. The van der Waals surface area contributed by atoms with Crippen molar-refractivity contribution in [3.63, 3.8) is 0 Å². The first kappa shape index (κ1) is 20.7. The molecule has 0 saturated heterocycles. The first-order valence-electron chi connectivity index (χ1n) is 10.1. The summed E-state index contributed by atoms with van der Waals surface area (Å²) in [5.41, 5.74) is 1.89. The quantitative estimate of drug-likeness (QED) is 0.520. The minimum Gasteiger partial charge on any atom is -0.487 e. The van der Waals surface area contributed by atoms with Crippen molar-refractivity contribution in [1.29, 1.82) is 0 Å². The van der Waals surface area contributed by atoms with Crippen molar-refractivity contribution >= 4 is 11.9 Å². The predicted molar refractivity (Wildman–Crippen MR) is 116 cm³/mol. The number of ether oxygens (including phenoxy) is 1. The van der Waals surface area contributed by atoms with Gasteiger partial charge in [0.25, 0.3) is 0 Å². The average molecular weight is 395 g/mol. The summed E-state index contributed by atoms with van der Waals surface area (Å²) in [4.78, 5) is 16.7. The van der Waals surface area contributed by atoms with Crippen LogP contribution in [-0.2, 0) is 11.3 Å². The lowest BCUT2D eigenvalue weighted by molar-refractivity contribution is -0.119. The van der Waals surface area contributed by atoms with Crippen molar-refractivity contribution in [2.45, 2.75) is 45.4 Å². The third kappa shape index (κ3) is 5.98. The molecule has 0 aromatic heterocycles. The summed E-state index contributed by atoms with van der Waals surface area (Å²) in [5.74, 6) is 1.40. The maximum atomic E-state index is 12.2. The zero-order chi connectivity index (χ0) is 20.7. The molecular formula is C23H30N4O2. The fraction of sp³-hybridized carbons (Fsp3) is 0.391. The SMILES string of the molecule is CCNC(=NCC(=O)NCc1ccccc1)NC1CC(C)(C)Oc2ccccc21. The van der Waals surface area contributed by atoms with E-state index in [1.54, 1.807) is 0 Å². The lowest BCUT2D eigenvalue weighted by atomic mass is 9.90. The Kier molecular flexibility index (Phi) is 6.75. The minimum atomic E-state index is -0.281. The molecule has 0 fully saturated rings. The van der Waals surface area contributed by atoms with Gasteiger partial charge < -0.3 is 20.7 Å². The van der Waals surface area contributed by atoms with Crippen LogP contribution in [0, 0.1) is 0 Å². The van der Waals surface area contributed by atoms with Crippen LogP contribution >= 0.6 is 0 Å². The molecule has 1 aliphatic rings. The highest BCUT2D eigenvalue weighted by Crippen LogP contribution is 2.39. The number of amides is 1. The van der Waals surface area contributed by atoms with E-state index in [1.165, 1.54) is 0 Å². The van der Waals surface area contributed by atoms with Crippen LogP contribution in [-0.4, -0.2) is 30.6 Å². The minimum absolute atomic E-state index is 0.0557. The van der Waals surface area contributed by atoms with Gasteiger partial charge in [-0.3, -0.25) is 4.79 Å². The van der Waals surface area contributed by atoms with Crippen LogP contribution in [0.2, 0.25) is 0 Å². The van der Waals surface area contributed by atoms with E-state index in [0.29, 0.717) is 19.0 Å². The van der Waals surface area contributed by atoms with E-state index in [2.05, 4.69) is 40.9 Å². The number of nitrogens with one attached hydrogen (secondary N) is 3. The van der Waals surface area contributed by atoms with E-state index in [4.69, 9.17) is 4.74 Å². The number of hydrogen-bond donors (Lipinski definition) is 3. The van der Waals surface area contributed by atoms with Crippen molar-refractivity contribution in [1.82, 2.24) is 16.0 Å². The summed E-state index contributed by atoms with van der Waals surface area (Å²) in [6.45, 7) is 7.45. The first-order chi connectivity index (χ1) is 14.0. The molecule has 1 amide bonds. The Hall–Kier alpha value is -3.02. The fourth-order valence-corrected chi connectivity index (χ4v) is 3.42. The van der Waals surface area contributed by atoms with Gasteiger partial charge in [0.2, 0.25) is 5.91 Å². The first-order valence-corrected chi connectivity index (χ1v) is 10.1. The Bertz CT molecular complexity index is 849. The summed E-state index contributed by atoms with van der Waals surface area (Å²) in [7, 11) is 0. The Morgan fingerprint density at radius 3 is 2.59 bits per heavy atom. The molecule has 1 unspecified atom stereocenters. The van der Waals surface area contributed by atoms with Crippen molar-refractivity contribution in [3.8, 4) is 5.75 Å². The number of aliphatic imine (C=N–C) groups is 1. The Morgan fingerprint density at radius 2 is 1.83 bits per heavy atom. The molecule has 2 aromatic carbocycles. The molecule has 0 bridgehead atoms. The summed E-state index contributed by atoms with van der Waals surface area (Å²) in [6.07, 6.45) is 0.800. The second kappa shape index (κ2) is 9.45. The molecule has 1 aliphatic heterocycles. The molecule has 1 atom stereocenters. The van der Waals surface area contributed by atoms with E-state index >= 15 is 0 Å². The number of carbonyl (C=O) groups is 1. The van der Waals surface area contributed by atoms with Gasteiger partial charge in [-0.15, -0.1) is 0 Å². The van der Waals surface area contributed by atoms with Crippen LogP contribution in [0.1, 0.15) is 44.4 Å². The third-order valence-corrected chi connectivity index (χ3v) is 4.74. The number of hydrogen-bond acceptors (Lipinski definition) is 3. The number of nitrogens with zero attached hydrogens (tertiary/aromatic N) is 1. The van der Waals surface area contributed by atoms with E-state index in [0.717, 1.165) is 23.3 Å². The van der Waals surface area contributed by atoms with Crippen molar-refractivity contribution < 1.29 is 9.53 Å². The topological polar surface area (TPSA) is 74.8 Å². The van der Waals surface area contributed by atoms with Gasteiger partial charge in [-0.1, -0.05) is 48.5 Å². The molecule has 1 heterocycles. The number of guanidine groups is 1. The monoisotopic (exact) mass is 394 g/mol. The van der Waals surface area contributed by atoms with Crippen molar-refractivity contribution in [3.05, 3.63) is 65.7 Å². The zero-order valence-corrected chi connectivity index (χ0v) is 17.4. The number of benzene rings is 2. The van der Waals surface area contributed by atoms with Gasteiger partial charge in [0.1, 0.15) is 17.9 Å². The number of carbonyl (C=O) groups excluding carboxylic acids is 1. The Morgan fingerprint density at radius 1 is 1.10 bits per heavy atom. The number of rotatable bonds is 6. The number of para-hydroxylation sites is 1. The molecule has 154 valence electrons. The molecule has 6 heteroatoms. The third-order valence-electron chi connectivity index (χ3n) is 4.74. The number of fused-ring (bicyclic) bond motifs is 1. The molecule has 3 N–H and O–H groups in total. The summed E-state index contributed by atoms with van der Waals surface area (Å²) < 4.78 is 6.10. The molecular weight excluding hydrogens is 364 g/mol. The summed E-state index contributed by atoms with van der Waals surface area (Å²) >= 11 is 0. The van der Waals surface area contributed by atoms with Crippen LogP contribution in [0.3, 0.4) is 0 Å². The van der Waals surface area contributed by atoms with Gasteiger partial charge in [0.05, 0.1) is 6.04 Å². The van der Waals surface area contributed by atoms with Gasteiger partial charge in [0, 0.05) is 25.1 Å². The second-order valence-corrected chi connectivity index (χ2v) is 7.76. The Labute approximate surface area is 172 Å². The second-order valence-electron chi connectivity index (χ2n) is 7.76. The molecule has 0 spiro atoms. The highest BCUT2D eigenvalue weighted by atomic mass is 16.5. The maximum absolute atomic E-state index is 12.2. The predicted octanol–water partition coefficient (Wildman–Crippen LogP) is 3.16. The smallest absolute Gasteiger partial charge is 0.242 e. The van der Waals surface area contributed by atoms with Gasteiger partial charge in [-0.25, -0.2) is 4.99 Å². The van der Waals surface area contributed by atoms with Crippen LogP contribution in [0.4, 0.5) is 0 Å². The molecule has 0 aliphatic carbocycles. The standard InChI is InChI=1S/C23H30N4O2/c1-4-24-22(26-16-21(28)25-15-17-10-6-5-7-11-17)27-19-14-23(2,3)29-20-13-9-8-12-18(19)20/h5-13,19H,4,14-16H2,1-3H3,(H,25,28)(H2,24,26,27). The summed E-state index contributed by atoms with van der Waals surface area (Å²) in [5, 5.41) is 9.62. The van der Waals surface area contributed by atoms with Crippen LogP contribution < -0.4 is 20.7 Å². The maximum Gasteiger partial charge on any atom is 0.242 e. The molecule has 0 saturated carbocycles. The molecule has 29 heavy (non-hydrogen) atoms. The Balaban J connectivity index is 1.64. The van der Waals surface area contributed by atoms with E-state index in [1.807, 2.05) is 55.5 Å². The highest BCUT2D eigenvalue weighted by Gasteiger charge is 2.33. The van der Waals surface area contributed by atoms with Gasteiger partial charge in [-0.2, -0.15) is 0 Å². The highest BCUT2D eigenvalue weighted by molar-refractivity contribution is 5.85. The van der Waals surface area contributed by atoms with Crippen molar-refractivity contribution in [2.75, 3.05) is 13.1 Å². The molecule has 6 nitrogen and oxygen atoms in total. The summed E-state index contributed by atoms with van der Waals surface area (Å²) in [6, 6.07) is 18.0. The largest absolute Gasteiger partial charge is 0.487 e. The van der Waals surface area contributed by atoms with Crippen LogP contribution in [0.25, 0.3) is 0 Å². The lowest BCUT2D eigenvalue weighted by Crippen LogP contribution is -2.45. The van der Waals surface area contributed by atoms with Crippen molar-refractivity contribution in [2.24, 2.45) is 4.99 Å². The molecule has 0 radical (unpaired) electrons.